The third kappa shape index (κ3) is 1.85. The Hall–Kier alpha value is -1.65. The van der Waals surface area contributed by atoms with Gasteiger partial charge in [-0.15, -0.1) is 0 Å². The molecule has 0 fully saturated rings. The van der Waals surface area contributed by atoms with E-state index in [9.17, 15) is 13.6 Å². The van der Waals surface area contributed by atoms with Crippen LogP contribution in [0.1, 0.15) is 22.3 Å². The zero-order chi connectivity index (χ0) is 11.7. The van der Waals surface area contributed by atoms with E-state index in [4.69, 9.17) is 4.74 Å². The van der Waals surface area contributed by atoms with Crippen LogP contribution >= 0.6 is 0 Å². The Labute approximate surface area is 91.0 Å². The number of carbonyl (C=O) groups is 1. The van der Waals surface area contributed by atoms with E-state index in [-0.39, 0.29) is 17.3 Å². The second-order valence-electron chi connectivity index (χ2n) is 3.46. The maximum absolute atomic E-state index is 12.1. The Morgan fingerprint density at radius 1 is 1.25 bits per heavy atom. The topological polar surface area (TPSA) is 35.5 Å². The number of carbonyl (C=O) groups excluding carboxylic acids is 1. The molecule has 0 N–H and O–H groups in total. The molecule has 1 aliphatic rings. The molecule has 0 saturated carbocycles. The van der Waals surface area contributed by atoms with Crippen molar-refractivity contribution in [3.63, 3.8) is 0 Å². The molecule has 16 heavy (non-hydrogen) atoms. The lowest BCUT2D eigenvalue weighted by molar-refractivity contribution is -0.0512. The van der Waals surface area contributed by atoms with Crippen molar-refractivity contribution in [1.29, 1.82) is 0 Å². The fraction of sp³-hybridized carbons (Fsp3) is 0.364. The van der Waals surface area contributed by atoms with Gasteiger partial charge in [-0.1, -0.05) is 0 Å². The van der Waals surface area contributed by atoms with Crippen molar-refractivity contribution in [3.8, 4) is 11.5 Å². The minimum absolute atomic E-state index is 0.0110. The number of hydrogen-bond donors (Lipinski definition) is 0. The summed E-state index contributed by atoms with van der Waals surface area (Å²) in [6, 6.07) is 2.91. The van der Waals surface area contributed by atoms with Gasteiger partial charge in [-0.3, -0.25) is 4.79 Å². The fourth-order valence-corrected chi connectivity index (χ4v) is 1.80. The SMILES string of the molecule is COc1cc2c(cc1OC(F)F)CCC2=O. The highest BCUT2D eigenvalue weighted by Gasteiger charge is 2.23. The number of methoxy groups -OCH3 is 1. The number of ketones is 1. The predicted octanol–water partition coefficient (Wildman–Crippen LogP) is 2.43. The maximum atomic E-state index is 12.1. The van der Waals surface area contributed by atoms with E-state index in [1.165, 1.54) is 19.2 Å². The predicted molar refractivity (Wildman–Crippen MR) is 52.3 cm³/mol. The van der Waals surface area contributed by atoms with Gasteiger partial charge in [-0.2, -0.15) is 8.78 Å². The summed E-state index contributed by atoms with van der Waals surface area (Å²) >= 11 is 0. The second-order valence-corrected chi connectivity index (χ2v) is 3.46. The van der Waals surface area contributed by atoms with Crippen LogP contribution in [0.15, 0.2) is 12.1 Å². The first-order valence-electron chi connectivity index (χ1n) is 4.80. The second kappa shape index (κ2) is 4.08. The van der Waals surface area contributed by atoms with Crippen molar-refractivity contribution in [2.75, 3.05) is 7.11 Å². The average molecular weight is 228 g/mol. The molecular formula is C11H10F2O3. The van der Waals surface area contributed by atoms with Crippen LogP contribution in [0.5, 0.6) is 11.5 Å². The van der Waals surface area contributed by atoms with Crippen molar-refractivity contribution >= 4 is 5.78 Å². The molecule has 2 rings (SSSR count). The number of fused-ring (bicyclic) bond motifs is 1. The van der Waals surface area contributed by atoms with Crippen LogP contribution in [0.2, 0.25) is 0 Å². The lowest BCUT2D eigenvalue weighted by Crippen LogP contribution is -2.04. The largest absolute Gasteiger partial charge is 0.493 e. The van der Waals surface area contributed by atoms with Gasteiger partial charge >= 0.3 is 6.61 Å². The highest BCUT2D eigenvalue weighted by molar-refractivity contribution is 6.01. The highest BCUT2D eigenvalue weighted by atomic mass is 19.3. The Kier molecular flexibility index (Phi) is 2.77. The summed E-state index contributed by atoms with van der Waals surface area (Å²) in [5, 5.41) is 0. The Morgan fingerprint density at radius 2 is 2.00 bits per heavy atom. The van der Waals surface area contributed by atoms with Crippen LogP contribution in [0, 0.1) is 0 Å². The van der Waals surface area contributed by atoms with Crippen molar-refractivity contribution in [1.82, 2.24) is 0 Å². The summed E-state index contributed by atoms with van der Waals surface area (Å²) in [5.41, 5.74) is 1.28. The van der Waals surface area contributed by atoms with E-state index in [0.717, 1.165) is 5.56 Å². The molecule has 0 spiro atoms. The van der Waals surface area contributed by atoms with Gasteiger partial charge in [0.2, 0.25) is 0 Å². The van der Waals surface area contributed by atoms with Gasteiger partial charge in [-0.05, 0) is 24.1 Å². The molecule has 0 unspecified atom stereocenters. The van der Waals surface area contributed by atoms with Crippen LogP contribution in [0.25, 0.3) is 0 Å². The lowest BCUT2D eigenvalue weighted by atomic mass is 10.1. The molecule has 1 aromatic carbocycles. The monoisotopic (exact) mass is 228 g/mol. The van der Waals surface area contributed by atoms with E-state index in [0.29, 0.717) is 18.4 Å². The standard InChI is InChI=1S/C11H10F2O3/c1-15-9-5-7-6(2-3-8(7)14)4-10(9)16-11(12)13/h4-5,11H,2-3H2,1H3. The summed E-state index contributed by atoms with van der Waals surface area (Å²) in [7, 11) is 1.35. The molecule has 0 atom stereocenters. The fourth-order valence-electron chi connectivity index (χ4n) is 1.80. The zero-order valence-corrected chi connectivity index (χ0v) is 8.63. The molecule has 0 aliphatic heterocycles. The summed E-state index contributed by atoms with van der Waals surface area (Å²) in [6.45, 7) is -2.90. The first-order chi connectivity index (χ1) is 7.61. The number of hydrogen-bond acceptors (Lipinski definition) is 3. The maximum Gasteiger partial charge on any atom is 0.387 e. The quantitative estimate of drug-likeness (QED) is 0.797. The van der Waals surface area contributed by atoms with E-state index < -0.39 is 6.61 Å². The molecule has 86 valence electrons. The molecule has 5 heteroatoms. The number of benzene rings is 1. The Bertz CT molecular complexity index is 429. The van der Waals surface area contributed by atoms with Crippen molar-refractivity contribution < 1.29 is 23.0 Å². The molecule has 0 amide bonds. The Balaban J connectivity index is 2.42. The molecule has 1 aliphatic carbocycles. The lowest BCUT2D eigenvalue weighted by Gasteiger charge is -2.11. The number of alkyl halides is 2. The van der Waals surface area contributed by atoms with Crippen LogP contribution in [-0.2, 0) is 6.42 Å². The van der Waals surface area contributed by atoms with E-state index in [2.05, 4.69) is 4.74 Å². The van der Waals surface area contributed by atoms with Gasteiger partial charge in [-0.25, -0.2) is 0 Å². The van der Waals surface area contributed by atoms with E-state index >= 15 is 0 Å². The van der Waals surface area contributed by atoms with Crippen LogP contribution in [0.4, 0.5) is 8.78 Å². The molecule has 0 aromatic heterocycles. The highest BCUT2D eigenvalue weighted by Crippen LogP contribution is 2.35. The van der Waals surface area contributed by atoms with E-state index in [1.54, 1.807) is 0 Å². The van der Waals surface area contributed by atoms with Gasteiger partial charge in [0.15, 0.2) is 17.3 Å². The number of halogens is 2. The third-order valence-corrected chi connectivity index (χ3v) is 2.53. The number of ether oxygens (including phenoxy) is 2. The van der Waals surface area contributed by atoms with Crippen LogP contribution in [-0.4, -0.2) is 19.5 Å². The van der Waals surface area contributed by atoms with Gasteiger partial charge in [0, 0.05) is 12.0 Å². The first kappa shape index (κ1) is 10.9. The van der Waals surface area contributed by atoms with Crippen LogP contribution in [0.3, 0.4) is 0 Å². The molecule has 1 aromatic rings. The van der Waals surface area contributed by atoms with Gasteiger partial charge in [0.05, 0.1) is 7.11 Å². The van der Waals surface area contributed by atoms with Crippen LogP contribution < -0.4 is 9.47 Å². The molecular weight excluding hydrogens is 218 g/mol. The third-order valence-electron chi connectivity index (χ3n) is 2.53. The average Bonchev–Trinajstić information content (AvgIpc) is 2.58. The number of rotatable bonds is 3. The van der Waals surface area contributed by atoms with Gasteiger partial charge in [0.25, 0.3) is 0 Å². The molecule has 3 nitrogen and oxygen atoms in total. The minimum Gasteiger partial charge on any atom is -0.493 e. The molecule has 0 heterocycles. The summed E-state index contributed by atoms with van der Waals surface area (Å²) in [5.74, 6) is 0.150. The number of aryl methyl sites for hydroxylation is 1. The smallest absolute Gasteiger partial charge is 0.387 e. The molecule has 0 bridgehead atoms. The van der Waals surface area contributed by atoms with Gasteiger partial charge < -0.3 is 9.47 Å². The zero-order valence-electron chi connectivity index (χ0n) is 8.63. The van der Waals surface area contributed by atoms with Gasteiger partial charge in [0.1, 0.15) is 0 Å². The number of Topliss-reactive ketones (excluding diaryl/α,β-unsaturated/α-hetero) is 1. The van der Waals surface area contributed by atoms with Crippen molar-refractivity contribution in [3.05, 3.63) is 23.3 Å². The summed E-state index contributed by atoms with van der Waals surface area (Å²) < 4.78 is 33.5. The van der Waals surface area contributed by atoms with E-state index in [1.807, 2.05) is 0 Å². The van der Waals surface area contributed by atoms with Crippen molar-refractivity contribution in [2.45, 2.75) is 19.5 Å². The normalized spacial score (nSPS) is 14.1. The minimum atomic E-state index is -2.90. The Morgan fingerprint density at radius 3 is 2.62 bits per heavy atom. The molecule has 0 saturated heterocycles. The summed E-state index contributed by atoms with van der Waals surface area (Å²) in [6.07, 6.45) is 0.981. The molecule has 0 radical (unpaired) electrons. The summed E-state index contributed by atoms with van der Waals surface area (Å²) in [4.78, 5) is 11.4. The first-order valence-corrected chi connectivity index (χ1v) is 4.80. The van der Waals surface area contributed by atoms with Crippen molar-refractivity contribution in [2.24, 2.45) is 0 Å².